The number of ether oxygens (including phenoxy) is 1. The fourth-order valence-corrected chi connectivity index (χ4v) is 3.19. The maximum Gasteiger partial charge on any atom is 0.229 e. The lowest BCUT2D eigenvalue weighted by molar-refractivity contribution is -0.0312. The maximum atomic E-state index is 10.5. The SMILES string of the molecule is OC(CC1COCCN1Cc1noc(C2CC2)n1)c1ccccc1. The molecule has 2 atom stereocenters. The van der Waals surface area contributed by atoms with E-state index in [9.17, 15) is 5.11 Å². The van der Waals surface area contributed by atoms with E-state index in [0.29, 0.717) is 32.1 Å². The third-order valence-electron chi connectivity index (χ3n) is 4.78. The van der Waals surface area contributed by atoms with Gasteiger partial charge < -0.3 is 14.4 Å². The summed E-state index contributed by atoms with van der Waals surface area (Å²) in [5.74, 6) is 1.99. The number of morpholine rings is 1. The highest BCUT2D eigenvalue weighted by Gasteiger charge is 2.31. The van der Waals surface area contributed by atoms with Gasteiger partial charge in [-0.1, -0.05) is 35.5 Å². The Labute approximate surface area is 141 Å². The molecule has 4 rings (SSSR count). The molecule has 1 aromatic carbocycles. The van der Waals surface area contributed by atoms with Crippen molar-refractivity contribution in [2.45, 2.75) is 43.9 Å². The van der Waals surface area contributed by atoms with E-state index in [0.717, 1.165) is 36.7 Å². The number of hydrogen-bond acceptors (Lipinski definition) is 6. The van der Waals surface area contributed by atoms with Crippen molar-refractivity contribution in [3.8, 4) is 0 Å². The number of aromatic nitrogens is 2. The zero-order chi connectivity index (χ0) is 16.4. The van der Waals surface area contributed by atoms with Gasteiger partial charge in [-0.15, -0.1) is 0 Å². The van der Waals surface area contributed by atoms with Crippen LogP contribution in [0.3, 0.4) is 0 Å². The normalized spacial score (nSPS) is 23.3. The van der Waals surface area contributed by atoms with Crippen LogP contribution < -0.4 is 0 Å². The molecule has 24 heavy (non-hydrogen) atoms. The zero-order valence-electron chi connectivity index (χ0n) is 13.7. The number of benzene rings is 1. The second kappa shape index (κ2) is 7.01. The van der Waals surface area contributed by atoms with Crippen molar-refractivity contribution < 1.29 is 14.4 Å². The van der Waals surface area contributed by atoms with Crippen molar-refractivity contribution in [3.63, 3.8) is 0 Å². The summed E-state index contributed by atoms with van der Waals surface area (Å²) in [6.45, 7) is 2.79. The molecule has 0 radical (unpaired) electrons. The number of aliphatic hydroxyl groups is 1. The topological polar surface area (TPSA) is 71.6 Å². The van der Waals surface area contributed by atoms with E-state index in [4.69, 9.17) is 9.26 Å². The van der Waals surface area contributed by atoms with Crippen molar-refractivity contribution in [2.24, 2.45) is 0 Å². The van der Waals surface area contributed by atoms with Gasteiger partial charge in [0.2, 0.25) is 5.89 Å². The first-order chi connectivity index (χ1) is 11.8. The van der Waals surface area contributed by atoms with Crippen molar-refractivity contribution in [1.29, 1.82) is 0 Å². The highest BCUT2D eigenvalue weighted by atomic mass is 16.5. The minimum absolute atomic E-state index is 0.150. The van der Waals surface area contributed by atoms with Crippen LogP contribution in [0, 0.1) is 0 Å². The van der Waals surface area contributed by atoms with Gasteiger partial charge in [-0.05, 0) is 24.8 Å². The van der Waals surface area contributed by atoms with Crippen LogP contribution in [0.1, 0.15) is 48.6 Å². The molecule has 1 aliphatic heterocycles. The predicted octanol–water partition coefficient (Wildman–Crippen LogP) is 2.27. The Bertz CT molecular complexity index is 657. The third-order valence-corrected chi connectivity index (χ3v) is 4.78. The molecule has 1 saturated heterocycles. The standard InChI is InChI=1S/C18H23N3O3/c22-16(13-4-2-1-3-5-13)10-15-12-23-9-8-21(15)11-17-19-18(24-20-17)14-6-7-14/h1-5,14-16,22H,6-12H2. The number of aliphatic hydroxyl groups excluding tert-OH is 1. The second-order valence-corrected chi connectivity index (χ2v) is 6.68. The molecule has 6 heteroatoms. The van der Waals surface area contributed by atoms with E-state index in [2.05, 4.69) is 15.0 Å². The first kappa shape index (κ1) is 15.7. The molecular formula is C18H23N3O3. The van der Waals surface area contributed by atoms with Crippen molar-refractivity contribution in [3.05, 3.63) is 47.6 Å². The first-order valence-corrected chi connectivity index (χ1v) is 8.67. The molecule has 2 aliphatic rings. The van der Waals surface area contributed by atoms with E-state index in [1.165, 1.54) is 0 Å². The monoisotopic (exact) mass is 329 g/mol. The van der Waals surface area contributed by atoms with Gasteiger partial charge in [-0.25, -0.2) is 0 Å². The van der Waals surface area contributed by atoms with Crippen molar-refractivity contribution in [2.75, 3.05) is 19.8 Å². The van der Waals surface area contributed by atoms with Gasteiger partial charge in [-0.3, -0.25) is 4.90 Å². The smallest absolute Gasteiger partial charge is 0.229 e. The van der Waals surface area contributed by atoms with Crippen LogP contribution in [-0.4, -0.2) is 45.9 Å². The van der Waals surface area contributed by atoms with Crippen LogP contribution in [0.4, 0.5) is 0 Å². The van der Waals surface area contributed by atoms with Gasteiger partial charge in [0.25, 0.3) is 0 Å². The van der Waals surface area contributed by atoms with E-state index >= 15 is 0 Å². The number of hydrogen-bond donors (Lipinski definition) is 1. The Morgan fingerprint density at radius 1 is 1.25 bits per heavy atom. The molecular weight excluding hydrogens is 306 g/mol. The fourth-order valence-electron chi connectivity index (χ4n) is 3.19. The molecule has 0 spiro atoms. The highest BCUT2D eigenvalue weighted by molar-refractivity contribution is 5.17. The van der Waals surface area contributed by atoms with Crippen LogP contribution in [0.2, 0.25) is 0 Å². The largest absolute Gasteiger partial charge is 0.388 e. The molecule has 1 aromatic heterocycles. The Morgan fingerprint density at radius 3 is 2.88 bits per heavy atom. The molecule has 128 valence electrons. The molecule has 0 amide bonds. The average molecular weight is 329 g/mol. The van der Waals surface area contributed by atoms with Gasteiger partial charge >= 0.3 is 0 Å². The number of rotatable bonds is 6. The Kier molecular flexibility index (Phi) is 4.60. The van der Waals surface area contributed by atoms with Gasteiger partial charge in [0, 0.05) is 18.5 Å². The summed E-state index contributed by atoms with van der Waals surface area (Å²) in [6, 6.07) is 9.93. The van der Waals surface area contributed by atoms with Crippen LogP contribution in [0.15, 0.2) is 34.9 Å². The summed E-state index contributed by atoms with van der Waals surface area (Å²) in [7, 11) is 0. The molecule has 1 aliphatic carbocycles. The van der Waals surface area contributed by atoms with Gasteiger partial charge in [0.1, 0.15) is 0 Å². The number of nitrogens with zero attached hydrogens (tertiary/aromatic N) is 3. The highest BCUT2D eigenvalue weighted by Crippen LogP contribution is 2.38. The average Bonchev–Trinajstić information content (AvgIpc) is 3.37. The Hall–Kier alpha value is -1.76. The van der Waals surface area contributed by atoms with Crippen molar-refractivity contribution in [1.82, 2.24) is 15.0 Å². The lowest BCUT2D eigenvalue weighted by Crippen LogP contribution is -2.45. The second-order valence-electron chi connectivity index (χ2n) is 6.68. The summed E-state index contributed by atoms with van der Waals surface area (Å²) in [5, 5.41) is 14.6. The summed E-state index contributed by atoms with van der Waals surface area (Å²) in [6.07, 6.45) is 2.46. The molecule has 1 saturated carbocycles. The maximum absolute atomic E-state index is 10.5. The van der Waals surface area contributed by atoms with Crippen LogP contribution in [0.25, 0.3) is 0 Å². The minimum Gasteiger partial charge on any atom is -0.388 e. The molecule has 2 heterocycles. The van der Waals surface area contributed by atoms with E-state index in [-0.39, 0.29) is 6.04 Å². The quantitative estimate of drug-likeness (QED) is 0.876. The summed E-state index contributed by atoms with van der Waals surface area (Å²) in [5.41, 5.74) is 0.943. The third kappa shape index (κ3) is 3.66. The van der Waals surface area contributed by atoms with E-state index < -0.39 is 6.10 Å². The molecule has 0 bridgehead atoms. The van der Waals surface area contributed by atoms with Crippen LogP contribution in [0.5, 0.6) is 0 Å². The molecule has 6 nitrogen and oxygen atoms in total. The van der Waals surface area contributed by atoms with Gasteiger partial charge in [0.15, 0.2) is 5.82 Å². The van der Waals surface area contributed by atoms with Crippen molar-refractivity contribution >= 4 is 0 Å². The van der Waals surface area contributed by atoms with Gasteiger partial charge in [-0.2, -0.15) is 4.98 Å². The minimum atomic E-state index is -0.493. The molecule has 2 fully saturated rings. The molecule has 1 N–H and O–H groups in total. The summed E-state index contributed by atoms with van der Waals surface area (Å²) >= 11 is 0. The summed E-state index contributed by atoms with van der Waals surface area (Å²) < 4.78 is 11.0. The fraction of sp³-hybridized carbons (Fsp3) is 0.556. The zero-order valence-corrected chi connectivity index (χ0v) is 13.7. The molecule has 2 unspecified atom stereocenters. The van der Waals surface area contributed by atoms with Crippen LogP contribution in [-0.2, 0) is 11.3 Å². The lowest BCUT2D eigenvalue weighted by atomic mass is 10.0. The lowest BCUT2D eigenvalue weighted by Gasteiger charge is -2.35. The van der Waals surface area contributed by atoms with Crippen LogP contribution >= 0.6 is 0 Å². The first-order valence-electron chi connectivity index (χ1n) is 8.67. The molecule has 2 aromatic rings. The van der Waals surface area contributed by atoms with E-state index in [1.807, 2.05) is 30.3 Å². The Morgan fingerprint density at radius 2 is 2.08 bits per heavy atom. The van der Waals surface area contributed by atoms with Gasteiger partial charge in [0.05, 0.1) is 25.9 Å². The van der Waals surface area contributed by atoms with E-state index in [1.54, 1.807) is 0 Å². The predicted molar refractivity (Wildman–Crippen MR) is 87.3 cm³/mol. The summed E-state index contributed by atoms with van der Waals surface area (Å²) in [4.78, 5) is 6.80. The Balaban J connectivity index is 1.40.